The Labute approximate surface area is 191 Å². The molecule has 0 aliphatic carbocycles. The number of piperidine rings is 1. The van der Waals surface area contributed by atoms with Crippen molar-refractivity contribution in [3.05, 3.63) is 59.2 Å². The molecule has 33 heavy (non-hydrogen) atoms. The van der Waals surface area contributed by atoms with Crippen LogP contribution >= 0.6 is 0 Å². The van der Waals surface area contributed by atoms with Gasteiger partial charge in [-0.3, -0.25) is 4.79 Å². The molecule has 176 valence electrons. The molecule has 2 aliphatic rings. The van der Waals surface area contributed by atoms with Gasteiger partial charge in [0, 0.05) is 31.5 Å². The number of fused-ring (bicyclic) bond motifs is 1. The number of hydrazone groups is 1. The van der Waals surface area contributed by atoms with Crippen molar-refractivity contribution in [1.82, 2.24) is 9.73 Å². The van der Waals surface area contributed by atoms with Crippen LogP contribution in [-0.2, 0) is 10.0 Å². The Hall–Kier alpha value is -3.01. The van der Waals surface area contributed by atoms with Gasteiger partial charge >= 0.3 is 10.0 Å². The number of hydrogen-bond donors (Lipinski definition) is 2. The molecular formula is C23H26F2N3O4S+. The number of hydrogen-bond acceptors (Lipinski definition) is 4. The van der Waals surface area contributed by atoms with E-state index in [-0.39, 0.29) is 49.3 Å². The van der Waals surface area contributed by atoms with Crippen molar-refractivity contribution >= 4 is 21.6 Å². The zero-order valence-corrected chi connectivity index (χ0v) is 19.2. The van der Waals surface area contributed by atoms with E-state index in [9.17, 15) is 22.0 Å². The van der Waals surface area contributed by atoms with Gasteiger partial charge in [-0.05, 0) is 44.2 Å². The number of carbonyl (C=O) groups excluding carboxylic acids is 1. The lowest BCUT2D eigenvalue weighted by Crippen LogP contribution is -2.85. The Morgan fingerprint density at radius 2 is 1.82 bits per heavy atom. The number of likely N-dealkylation sites (tertiary alicyclic amines) is 1. The van der Waals surface area contributed by atoms with Crippen LogP contribution < -0.4 is 14.7 Å². The predicted octanol–water partition coefficient (Wildman–Crippen LogP) is 1.66. The second kappa shape index (κ2) is 8.74. The molecule has 1 saturated heterocycles. The van der Waals surface area contributed by atoms with Crippen molar-refractivity contribution in [3.63, 3.8) is 0 Å². The highest BCUT2D eigenvalue weighted by molar-refractivity contribution is 7.89. The standard InChI is InChI=1S/C23H25F2N3O4S/c1-15-3-6-18(7-4-15)33(30,31)27-26-21-16(2)14-32-20-13-17(5-8-19(20)21)22(29)28-11-9-23(24,25)10-12-28/h3-8,13,16,27H,9-12,14H2,1-2H3/p+1/b26-21+. The maximum atomic E-state index is 13.4. The fraction of sp³-hybridized carbons (Fsp3) is 0.391. The Bertz CT molecular complexity index is 1190. The van der Waals surface area contributed by atoms with E-state index in [0.29, 0.717) is 22.6 Å². The molecule has 1 fully saturated rings. The molecule has 1 atom stereocenters. The topological polar surface area (TPSA) is 89.7 Å². The van der Waals surface area contributed by atoms with Crippen LogP contribution in [0, 0.1) is 12.8 Å². The maximum Gasteiger partial charge on any atom is 0.306 e. The number of aryl methyl sites for hydroxylation is 1. The van der Waals surface area contributed by atoms with Gasteiger partial charge in [0.25, 0.3) is 11.8 Å². The quantitative estimate of drug-likeness (QED) is 0.655. The van der Waals surface area contributed by atoms with Gasteiger partial charge < -0.3 is 9.64 Å². The first kappa shape index (κ1) is 23.2. The molecule has 10 heteroatoms. The molecule has 0 spiro atoms. The number of ether oxygens (including phenoxy) is 1. The second-order valence-electron chi connectivity index (χ2n) is 8.53. The highest BCUT2D eigenvalue weighted by Gasteiger charge is 2.36. The van der Waals surface area contributed by atoms with Crippen LogP contribution in [0.25, 0.3) is 0 Å². The number of carbonyl (C=O) groups is 1. The SMILES string of the molecule is Cc1ccc(S(=O)(=O)N/[NH+]=C2/c3ccc(C(=O)N4CCC(F)(F)CC4)cc3OCC2C)cc1. The van der Waals surface area contributed by atoms with E-state index in [1.807, 2.05) is 13.8 Å². The Morgan fingerprint density at radius 3 is 2.48 bits per heavy atom. The van der Waals surface area contributed by atoms with Gasteiger partial charge in [0.15, 0.2) is 0 Å². The minimum absolute atomic E-state index is 0.000526. The molecule has 0 saturated carbocycles. The lowest BCUT2D eigenvalue weighted by molar-refractivity contribution is -0.501. The van der Waals surface area contributed by atoms with Crippen molar-refractivity contribution in [2.45, 2.75) is 37.5 Å². The van der Waals surface area contributed by atoms with Gasteiger partial charge in [-0.1, -0.05) is 22.5 Å². The number of alkyl halides is 2. The molecule has 0 aromatic heterocycles. The molecule has 2 aromatic carbocycles. The van der Waals surface area contributed by atoms with E-state index < -0.39 is 15.9 Å². The van der Waals surface area contributed by atoms with E-state index in [0.717, 1.165) is 5.56 Å². The van der Waals surface area contributed by atoms with E-state index in [1.165, 1.54) is 17.0 Å². The largest absolute Gasteiger partial charge is 0.492 e. The van der Waals surface area contributed by atoms with Crippen LogP contribution in [0.15, 0.2) is 47.4 Å². The van der Waals surface area contributed by atoms with E-state index in [1.54, 1.807) is 30.3 Å². The second-order valence-corrected chi connectivity index (χ2v) is 10.2. The van der Waals surface area contributed by atoms with Gasteiger partial charge in [0.2, 0.25) is 5.71 Å². The lowest BCUT2D eigenvalue weighted by atomic mass is 9.94. The first-order chi connectivity index (χ1) is 15.6. The Kier molecular flexibility index (Phi) is 6.13. The van der Waals surface area contributed by atoms with Crippen LogP contribution in [0.1, 0.15) is 41.3 Å². The molecule has 0 radical (unpaired) electrons. The van der Waals surface area contributed by atoms with Crippen molar-refractivity contribution in [2.24, 2.45) is 5.92 Å². The zero-order valence-electron chi connectivity index (χ0n) is 18.4. The summed E-state index contributed by atoms with van der Waals surface area (Å²) >= 11 is 0. The number of benzene rings is 2. The van der Waals surface area contributed by atoms with Gasteiger partial charge in [-0.25, -0.2) is 8.78 Å². The molecule has 1 unspecified atom stereocenters. The zero-order chi connectivity index (χ0) is 23.8. The fourth-order valence-corrected chi connectivity index (χ4v) is 4.73. The molecule has 2 aliphatic heterocycles. The van der Waals surface area contributed by atoms with Crippen LogP contribution in [0.4, 0.5) is 8.78 Å². The lowest BCUT2D eigenvalue weighted by Gasteiger charge is -2.32. The van der Waals surface area contributed by atoms with Crippen LogP contribution in [-0.4, -0.2) is 50.6 Å². The van der Waals surface area contributed by atoms with Gasteiger partial charge in [-0.2, -0.15) is 8.42 Å². The van der Waals surface area contributed by atoms with Crippen molar-refractivity contribution in [1.29, 1.82) is 0 Å². The normalized spacial score (nSPS) is 21.3. The summed E-state index contributed by atoms with van der Waals surface area (Å²) < 4.78 is 57.9. The Morgan fingerprint density at radius 1 is 1.15 bits per heavy atom. The minimum atomic E-state index is -3.79. The molecule has 7 nitrogen and oxygen atoms in total. The van der Waals surface area contributed by atoms with Crippen LogP contribution in [0.5, 0.6) is 5.75 Å². The summed E-state index contributed by atoms with van der Waals surface area (Å²) in [5, 5.41) is 2.82. The number of nitrogens with zero attached hydrogens (tertiary/aromatic N) is 1. The molecule has 1 amide bonds. The van der Waals surface area contributed by atoms with E-state index in [2.05, 4.69) is 9.93 Å². The summed E-state index contributed by atoms with van der Waals surface area (Å²) in [6, 6.07) is 11.4. The predicted molar refractivity (Wildman–Crippen MR) is 118 cm³/mol. The number of halogens is 2. The number of nitrogens with one attached hydrogen (secondary N) is 2. The third kappa shape index (κ3) is 5.00. The summed E-state index contributed by atoms with van der Waals surface area (Å²) in [7, 11) is -3.79. The summed E-state index contributed by atoms with van der Waals surface area (Å²) in [4.78, 5) is 16.8. The van der Waals surface area contributed by atoms with Crippen LogP contribution in [0.2, 0.25) is 0 Å². The Balaban J connectivity index is 1.56. The molecular weight excluding hydrogens is 452 g/mol. The summed E-state index contributed by atoms with van der Waals surface area (Å²) in [5.74, 6) is -2.76. The number of amides is 1. The van der Waals surface area contributed by atoms with Crippen molar-refractivity contribution < 1.29 is 31.8 Å². The van der Waals surface area contributed by atoms with Gasteiger partial charge in [0.05, 0.1) is 16.4 Å². The number of hydrazine groups is 1. The first-order valence-electron chi connectivity index (χ1n) is 10.7. The summed E-state index contributed by atoms with van der Waals surface area (Å²) in [6.07, 6.45) is -0.693. The average molecular weight is 479 g/mol. The van der Waals surface area contributed by atoms with Crippen LogP contribution in [0.3, 0.4) is 0 Å². The molecule has 4 rings (SSSR count). The summed E-state index contributed by atoms with van der Waals surface area (Å²) in [5.41, 5.74) is 2.53. The minimum Gasteiger partial charge on any atom is -0.492 e. The number of sulfonamides is 1. The maximum absolute atomic E-state index is 13.4. The molecule has 2 N–H and O–H groups in total. The average Bonchev–Trinajstić information content (AvgIpc) is 2.78. The smallest absolute Gasteiger partial charge is 0.306 e. The highest BCUT2D eigenvalue weighted by Crippen LogP contribution is 2.30. The van der Waals surface area contributed by atoms with Crippen molar-refractivity contribution in [3.8, 4) is 5.75 Å². The molecule has 2 aromatic rings. The van der Waals surface area contributed by atoms with E-state index in [4.69, 9.17) is 4.74 Å². The molecule has 2 heterocycles. The van der Waals surface area contributed by atoms with E-state index >= 15 is 0 Å². The van der Waals surface area contributed by atoms with Gasteiger partial charge in [0.1, 0.15) is 12.4 Å². The highest BCUT2D eigenvalue weighted by atomic mass is 32.2. The first-order valence-corrected chi connectivity index (χ1v) is 12.2. The van der Waals surface area contributed by atoms with Gasteiger partial charge in [-0.15, -0.1) is 5.10 Å². The van der Waals surface area contributed by atoms with Crippen molar-refractivity contribution in [2.75, 3.05) is 19.7 Å². The monoisotopic (exact) mass is 478 g/mol. The fourth-order valence-electron chi connectivity index (χ4n) is 3.87. The summed E-state index contributed by atoms with van der Waals surface area (Å²) in [6.45, 7) is 4.05. The number of rotatable bonds is 4. The third-order valence-corrected chi connectivity index (χ3v) is 7.20. The third-order valence-electron chi connectivity index (χ3n) is 5.93. The molecule has 0 bridgehead atoms.